The lowest BCUT2D eigenvalue weighted by Gasteiger charge is -2.48. The first-order valence-corrected chi connectivity index (χ1v) is 35.0. The van der Waals surface area contributed by atoms with Gasteiger partial charge >= 0.3 is 0 Å². The standard InChI is InChI=1S/C70H125NO18/c1-3-5-7-9-11-13-15-17-19-21-23-25-26-28-30-32-34-36-38-40-42-44-46-48-58(76)71-53(54(75)47-45-43-41-39-37-35-33-31-29-27-24-22-20-18-16-14-12-10-8-6-4-2)52-84-68-64(82)61(79)66(56(50-73)86-68)89-70-65(83)62(80)67(57(51-74)87-70)88-69-63(81)60(78)59(77)55(49-72)85-69/h15,17,21,23,26,28,37,39,45,47,53-57,59-70,72-75,77-83H,3-14,16,18-20,22,24-25,27,29-36,38,40-44,46,48-52H2,1-2H3,(H,71,76)/b17-15-,23-21-,28-26-,39-37+,47-45+. The molecule has 3 heterocycles. The lowest BCUT2D eigenvalue weighted by molar-refractivity contribution is -0.379. The van der Waals surface area contributed by atoms with Gasteiger partial charge in [-0.1, -0.05) is 229 Å². The largest absolute Gasteiger partial charge is 0.394 e. The van der Waals surface area contributed by atoms with Crippen LogP contribution in [-0.4, -0.2) is 193 Å². The number of ether oxygens (including phenoxy) is 6. The molecule has 3 rings (SSSR count). The number of amides is 1. The first-order chi connectivity index (χ1) is 43.3. The first-order valence-electron chi connectivity index (χ1n) is 35.0. The summed E-state index contributed by atoms with van der Waals surface area (Å²) >= 11 is 0. The van der Waals surface area contributed by atoms with Crippen molar-refractivity contribution in [1.29, 1.82) is 0 Å². The summed E-state index contributed by atoms with van der Waals surface area (Å²) in [6.45, 7) is 1.71. The van der Waals surface area contributed by atoms with Gasteiger partial charge in [0.2, 0.25) is 5.91 Å². The number of rotatable bonds is 53. The fourth-order valence-electron chi connectivity index (χ4n) is 11.6. The number of carbonyl (C=O) groups excluding carboxylic acids is 1. The van der Waals surface area contributed by atoms with Crippen molar-refractivity contribution in [2.45, 2.75) is 349 Å². The van der Waals surface area contributed by atoms with Crippen LogP contribution in [0.15, 0.2) is 60.8 Å². The quantitative estimate of drug-likeness (QED) is 0.0199. The van der Waals surface area contributed by atoms with Crippen molar-refractivity contribution in [2.75, 3.05) is 26.4 Å². The highest BCUT2D eigenvalue weighted by Gasteiger charge is 2.53. The molecule has 0 spiro atoms. The van der Waals surface area contributed by atoms with Crippen LogP contribution in [0.1, 0.15) is 245 Å². The highest BCUT2D eigenvalue weighted by molar-refractivity contribution is 5.76. The Labute approximate surface area is 535 Å². The van der Waals surface area contributed by atoms with Gasteiger partial charge in [-0.2, -0.15) is 0 Å². The van der Waals surface area contributed by atoms with Crippen molar-refractivity contribution in [3.63, 3.8) is 0 Å². The van der Waals surface area contributed by atoms with Gasteiger partial charge in [-0.25, -0.2) is 0 Å². The van der Waals surface area contributed by atoms with Crippen molar-refractivity contribution in [3.8, 4) is 0 Å². The number of aliphatic hydroxyl groups excluding tert-OH is 11. The maximum absolute atomic E-state index is 13.4. The molecule has 3 saturated heterocycles. The summed E-state index contributed by atoms with van der Waals surface area (Å²) in [5, 5.41) is 121. The molecule has 17 atom stereocenters. The van der Waals surface area contributed by atoms with Crippen molar-refractivity contribution >= 4 is 5.91 Å². The number of unbranched alkanes of at least 4 members (excludes halogenated alkanes) is 29. The molecule has 0 aliphatic carbocycles. The van der Waals surface area contributed by atoms with Gasteiger partial charge in [0.05, 0.1) is 38.6 Å². The minimum Gasteiger partial charge on any atom is -0.394 e. The van der Waals surface area contributed by atoms with E-state index in [-0.39, 0.29) is 18.9 Å². The Morgan fingerprint density at radius 1 is 0.404 bits per heavy atom. The van der Waals surface area contributed by atoms with E-state index in [0.717, 1.165) is 64.2 Å². The summed E-state index contributed by atoms with van der Waals surface area (Å²) < 4.78 is 34.3. The molecule has 12 N–H and O–H groups in total. The van der Waals surface area contributed by atoms with E-state index in [9.17, 15) is 61.0 Å². The monoisotopic (exact) mass is 1270 g/mol. The summed E-state index contributed by atoms with van der Waals surface area (Å²) in [4.78, 5) is 13.4. The molecule has 19 nitrogen and oxygen atoms in total. The molecule has 0 aromatic heterocycles. The van der Waals surface area contributed by atoms with Crippen molar-refractivity contribution in [3.05, 3.63) is 60.8 Å². The van der Waals surface area contributed by atoms with Crippen LogP contribution in [0.25, 0.3) is 0 Å². The molecule has 19 heteroatoms. The van der Waals surface area contributed by atoms with Gasteiger partial charge in [0.25, 0.3) is 0 Å². The van der Waals surface area contributed by atoms with E-state index in [4.69, 9.17) is 28.4 Å². The van der Waals surface area contributed by atoms with Crippen LogP contribution in [0.4, 0.5) is 0 Å². The van der Waals surface area contributed by atoms with Crippen LogP contribution in [0.3, 0.4) is 0 Å². The molecule has 17 unspecified atom stereocenters. The van der Waals surface area contributed by atoms with Crippen LogP contribution in [0.5, 0.6) is 0 Å². The Kier molecular flexibility index (Phi) is 47.0. The third-order valence-corrected chi connectivity index (χ3v) is 17.3. The number of aliphatic hydroxyl groups is 11. The average Bonchev–Trinajstić information content (AvgIpc) is 2.09. The minimum absolute atomic E-state index is 0.225. The lowest BCUT2D eigenvalue weighted by Crippen LogP contribution is -2.66. The number of hydrogen-bond donors (Lipinski definition) is 12. The van der Waals surface area contributed by atoms with E-state index >= 15 is 0 Å². The topological polar surface area (TPSA) is 307 Å². The van der Waals surface area contributed by atoms with Crippen LogP contribution in [-0.2, 0) is 33.2 Å². The normalized spacial score (nSPS) is 28.6. The second-order valence-corrected chi connectivity index (χ2v) is 25.0. The molecule has 3 aliphatic rings. The zero-order valence-corrected chi connectivity index (χ0v) is 54.6. The van der Waals surface area contributed by atoms with E-state index in [2.05, 4.69) is 67.8 Å². The molecule has 3 aliphatic heterocycles. The third-order valence-electron chi connectivity index (χ3n) is 17.3. The molecule has 0 aromatic carbocycles. The maximum Gasteiger partial charge on any atom is 0.220 e. The Morgan fingerprint density at radius 2 is 0.753 bits per heavy atom. The molecule has 3 fully saturated rings. The van der Waals surface area contributed by atoms with Gasteiger partial charge in [0, 0.05) is 6.42 Å². The summed E-state index contributed by atoms with van der Waals surface area (Å²) in [7, 11) is 0. The maximum atomic E-state index is 13.4. The lowest BCUT2D eigenvalue weighted by atomic mass is 9.96. The zero-order valence-electron chi connectivity index (χ0n) is 54.6. The molecule has 0 saturated carbocycles. The Hall–Kier alpha value is -2.51. The fraction of sp³-hybridized carbons (Fsp3) is 0.843. The summed E-state index contributed by atoms with van der Waals surface area (Å²) in [6, 6.07) is -0.997. The van der Waals surface area contributed by atoms with Crippen LogP contribution < -0.4 is 5.32 Å². The molecule has 0 bridgehead atoms. The Balaban J connectivity index is 1.46. The van der Waals surface area contributed by atoms with E-state index in [1.54, 1.807) is 6.08 Å². The van der Waals surface area contributed by atoms with Gasteiger partial charge in [-0.05, 0) is 70.6 Å². The first kappa shape index (κ1) is 80.7. The van der Waals surface area contributed by atoms with E-state index < -0.39 is 124 Å². The van der Waals surface area contributed by atoms with E-state index in [1.165, 1.54) is 148 Å². The number of nitrogens with one attached hydrogen (secondary N) is 1. The number of carbonyl (C=O) groups is 1. The van der Waals surface area contributed by atoms with Gasteiger partial charge in [-0.15, -0.1) is 0 Å². The third kappa shape index (κ3) is 33.9. The van der Waals surface area contributed by atoms with Crippen LogP contribution in [0.2, 0.25) is 0 Å². The summed E-state index contributed by atoms with van der Waals surface area (Å²) in [5.74, 6) is -0.293. The summed E-state index contributed by atoms with van der Waals surface area (Å²) in [6.07, 6.45) is 36.2. The predicted octanol–water partition coefficient (Wildman–Crippen LogP) is 9.16. The minimum atomic E-state index is -1.98. The van der Waals surface area contributed by atoms with Gasteiger partial charge in [0.1, 0.15) is 73.2 Å². The molecular formula is C70H125NO18. The van der Waals surface area contributed by atoms with E-state index in [1.807, 2.05) is 6.08 Å². The Morgan fingerprint density at radius 3 is 1.20 bits per heavy atom. The van der Waals surface area contributed by atoms with Crippen molar-refractivity contribution < 1.29 is 89.4 Å². The molecule has 518 valence electrons. The second-order valence-electron chi connectivity index (χ2n) is 25.0. The molecular weight excluding hydrogens is 1140 g/mol. The summed E-state index contributed by atoms with van der Waals surface area (Å²) in [5.41, 5.74) is 0. The highest BCUT2D eigenvalue weighted by Crippen LogP contribution is 2.33. The smallest absolute Gasteiger partial charge is 0.220 e. The second kappa shape index (κ2) is 51.8. The molecule has 89 heavy (non-hydrogen) atoms. The predicted molar refractivity (Wildman–Crippen MR) is 346 cm³/mol. The average molecular weight is 1270 g/mol. The zero-order chi connectivity index (χ0) is 64.7. The SMILES string of the molecule is CCCCCCC/C=C\C/C=C\C/C=C\CCCCCCCCCCC(=O)NC(COC1OC(CO)C(OC2OC(CO)C(OC3OC(CO)C(O)C(O)C3O)C(O)C2O)C(O)C1O)C(O)/C=C/CC/C=C/CCCCCCCCCCCCCCCCC. The number of allylic oxidation sites excluding steroid dienone is 9. The van der Waals surface area contributed by atoms with Crippen molar-refractivity contribution in [2.24, 2.45) is 0 Å². The molecule has 0 aromatic rings. The van der Waals surface area contributed by atoms with Crippen LogP contribution in [0, 0.1) is 0 Å². The molecule has 1 amide bonds. The van der Waals surface area contributed by atoms with Crippen LogP contribution >= 0.6 is 0 Å². The van der Waals surface area contributed by atoms with Gasteiger partial charge in [0.15, 0.2) is 18.9 Å². The van der Waals surface area contributed by atoms with Gasteiger partial charge < -0.3 is 89.9 Å². The van der Waals surface area contributed by atoms with Crippen molar-refractivity contribution in [1.82, 2.24) is 5.32 Å². The Bertz CT molecular complexity index is 1850. The fourth-order valence-corrected chi connectivity index (χ4v) is 11.6. The molecule has 0 radical (unpaired) electrons. The highest BCUT2D eigenvalue weighted by atomic mass is 16.8. The number of hydrogen-bond acceptors (Lipinski definition) is 18. The van der Waals surface area contributed by atoms with E-state index in [0.29, 0.717) is 12.8 Å². The van der Waals surface area contributed by atoms with Gasteiger partial charge in [-0.3, -0.25) is 4.79 Å².